The number of carbonyl (C=O) groups excluding carboxylic acids is 1. The van der Waals surface area contributed by atoms with Crippen molar-refractivity contribution in [3.05, 3.63) is 12.2 Å². The molecule has 0 aliphatic rings. The SMILES string of the molecule is C/C=C\C(CCCCC)O[C]=O. The number of hydrogen-bond donors (Lipinski definition) is 0. The standard InChI is InChI=1S/C10H17O2/c1-3-5-6-8-10(7-4-2)12-9-11/h4,7,10H,3,5-6,8H2,1-2H3/b7-4-. The summed E-state index contributed by atoms with van der Waals surface area (Å²) in [4.78, 5) is 9.94. The summed E-state index contributed by atoms with van der Waals surface area (Å²) in [6.45, 7) is 5.55. The molecular weight excluding hydrogens is 152 g/mol. The Morgan fingerprint density at radius 1 is 1.50 bits per heavy atom. The fourth-order valence-electron chi connectivity index (χ4n) is 1.07. The second kappa shape index (κ2) is 8.31. The van der Waals surface area contributed by atoms with Crippen molar-refractivity contribution in [2.45, 2.75) is 45.6 Å². The van der Waals surface area contributed by atoms with E-state index in [4.69, 9.17) is 4.74 Å². The van der Waals surface area contributed by atoms with Crippen LogP contribution in [-0.4, -0.2) is 12.6 Å². The van der Waals surface area contributed by atoms with Crippen LogP contribution in [0.5, 0.6) is 0 Å². The molecule has 0 amide bonds. The summed E-state index contributed by atoms with van der Waals surface area (Å²) in [6, 6.07) is 0. The lowest BCUT2D eigenvalue weighted by atomic mass is 10.1. The molecule has 0 aliphatic heterocycles. The minimum Gasteiger partial charge on any atom is -0.450 e. The van der Waals surface area contributed by atoms with Crippen LogP contribution in [0.15, 0.2) is 12.2 Å². The molecule has 0 spiro atoms. The van der Waals surface area contributed by atoms with E-state index in [9.17, 15) is 4.79 Å². The Labute approximate surface area is 74.6 Å². The third-order valence-electron chi connectivity index (χ3n) is 1.70. The van der Waals surface area contributed by atoms with Gasteiger partial charge in [-0.15, -0.1) is 0 Å². The Bertz CT molecular complexity index is 130. The zero-order valence-corrected chi connectivity index (χ0v) is 7.88. The van der Waals surface area contributed by atoms with Crippen LogP contribution in [0.4, 0.5) is 0 Å². The van der Waals surface area contributed by atoms with Crippen molar-refractivity contribution in [3.63, 3.8) is 0 Å². The lowest BCUT2D eigenvalue weighted by Crippen LogP contribution is -2.08. The number of hydrogen-bond acceptors (Lipinski definition) is 2. The Balaban J connectivity index is 3.55. The predicted octanol–water partition coefficient (Wildman–Crippen LogP) is 2.60. The molecule has 1 atom stereocenters. The van der Waals surface area contributed by atoms with E-state index in [0.717, 1.165) is 12.8 Å². The van der Waals surface area contributed by atoms with Crippen molar-refractivity contribution in [3.8, 4) is 0 Å². The van der Waals surface area contributed by atoms with Crippen molar-refractivity contribution in [2.75, 3.05) is 0 Å². The van der Waals surface area contributed by atoms with E-state index in [-0.39, 0.29) is 6.10 Å². The summed E-state index contributed by atoms with van der Waals surface area (Å²) in [5, 5.41) is 0. The number of unbranched alkanes of at least 4 members (excludes halogenated alkanes) is 2. The van der Waals surface area contributed by atoms with Gasteiger partial charge in [0.2, 0.25) is 0 Å². The molecule has 1 radical (unpaired) electrons. The summed E-state index contributed by atoms with van der Waals surface area (Å²) in [7, 11) is 0. The van der Waals surface area contributed by atoms with E-state index in [2.05, 4.69) is 6.92 Å². The van der Waals surface area contributed by atoms with Gasteiger partial charge in [-0.3, -0.25) is 0 Å². The summed E-state index contributed by atoms with van der Waals surface area (Å²) < 4.78 is 4.74. The lowest BCUT2D eigenvalue weighted by molar-refractivity contribution is 0.206. The molecular formula is C10H17O2. The lowest BCUT2D eigenvalue weighted by Gasteiger charge is -2.08. The van der Waals surface area contributed by atoms with Gasteiger partial charge in [0.1, 0.15) is 6.10 Å². The van der Waals surface area contributed by atoms with Crippen LogP contribution in [0.3, 0.4) is 0 Å². The maximum Gasteiger partial charge on any atom is 0.418 e. The number of allylic oxidation sites excluding steroid dienone is 1. The van der Waals surface area contributed by atoms with Gasteiger partial charge in [-0.25, -0.2) is 4.79 Å². The number of ether oxygens (including phenoxy) is 1. The van der Waals surface area contributed by atoms with Crippen LogP contribution in [0.25, 0.3) is 0 Å². The third-order valence-corrected chi connectivity index (χ3v) is 1.70. The fourth-order valence-corrected chi connectivity index (χ4v) is 1.07. The van der Waals surface area contributed by atoms with E-state index < -0.39 is 0 Å². The molecule has 0 N–H and O–H groups in total. The highest BCUT2D eigenvalue weighted by Gasteiger charge is 2.03. The van der Waals surface area contributed by atoms with E-state index >= 15 is 0 Å². The van der Waals surface area contributed by atoms with E-state index in [1.54, 1.807) is 0 Å². The molecule has 0 aliphatic carbocycles. The van der Waals surface area contributed by atoms with Crippen LogP contribution < -0.4 is 0 Å². The molecule has 0 fully saturated rings. The molecule has 69 valence electrons. The molecule has 1 unspecified atom stereocenters. The third kappa shape index (κ3) is 5.96. The largest absolute Gasteiger partial charge is 0.450 e. The maximum absolute atomic E-state index is 9.94. The average Bonchev–Trinajstić information content (AvgIpc) is 2.06. The highest BCUT2D eigenvalue weighted by Crippen LogP contribution is 2.07. The van der Waals surface area contributed by atoms with E-state index in [1.807, 2.05) is 19.1 Å². The van der Waals surface area contributed by atoms with Gasteiger partial charge in [0.15, 0.2) is 0 Å². The normalized spacial score (nSPS) is 13.2. The van der Waals surface area contributed by atoms with Gasteiger partial charge in [0.25, 0.3) is 0 Å². The Kier molecular flexibility index (Phi) is 7.76. The second-order valence-electron chi connectivity index (χ2n) is 2.76. The van der Waals surface area contributed by atoms with Crippen molar-refractivity contribution in [2.24, 2.45) is 0 Å². The van der Waals surface area contributed by atoms with Gasteiger partial charge >= 0.3 is 6.47 Å². The van der Waals surface area contributed by atoms with E-state index in [1.165, 1.54) is 19.3 Å². The van der Waals surface area contributed by atoms with E-state index in [0.29, 0.717) is 0 Å². The predicted molar refractivity (Wildman–Crippen MR) is 49.5 cm³/mol. The zero-order valence-electron chi connectivity index (χ0n) is 7.88. The monoisotopic (exact) mass is 169 g/mol. The first-order valence-corrected chi connectivity index (χ1v) is 4.50. The van der Waals surface area contributed by atoms with Crippen LogP contribution in [-0.2, 0) is 9.53 Å². The summed E-state index contributed by atoms with van der Waals surface area (Å²) in [6.07, 6.45) is 8.11. The highest BCUT2D eigenvalue weighted by atomic mass is 16.5. The van der Waals surface area contributed by atoms with Crippen LogP contribution in [0.1, 0.15) is 39.5 Å². The topological polar surface area (TPSA) is 26.3 Å². The molecule has 0 bridgehead atoms. The van der Waals surface area contributed by atoms with Gasteiger partial charge < -0.3 is 4.74 Å². The molecule has 0 aromatic rings. The van der Waals surface area contributed by atoms with Gasteiger partial charge in [-0.2, -0.15) is 0 Å². The van der Waals surface area contributed by atoms with Crippen molar-refractivity contribution < 1.29 is 9.53 Å². The first-order valence-electron chi connectivity index (χ1n) is 4.50. The quantitative estimate of drug-likeness (QED) is 0.432. The van der Waals surface area contributed by atoms with Gasteiger partial charge in [0, 0.05) is 0 Å². The molecule has 2 nitrogen and oxygen atoms in total. The highest BCUT2D eigenvalue weighted by molar-refractivity contribution is 5.39. The average molecular weight is 169 g/mol. The fraction of sp³-hybridized carbons (Fsp3) is 0.700. The molecule has 0 saturated heterocycles. The molecule has 0 aromatic heterocycles. The maximum atomic E-state index is 9.94. The Morgan fingerprint density at radius 2 is 2.25 bits per heavy atom. The molecule has 0 saturated carbocycles. The Hall–Kier alpha value is -0.790. The van der Waals surface area contributed by atoms with Gasteiger partial charge in [-0.1, -0.05) is 25.8 Å². The number of rotatable bonds is 7. The van der Waals surface area contributed by atoms with Crippen molar-refractivity contribution in [1.29, 1.82) is 0 Å². The summed E-state index contributed by atoms with van der Waals surface area (Å²) in [5.41, 5.74) is 0. The van der Waals surface area contributed by atoms with Gasteiger partial charge in [-0.05, 0) is 25.8 Å². The summed E-state index contributed by atoms with van der Waals surface area (Å²) in [5.74, 6) is 0. The first kappa shape index (κ1) is 11.2. The molecule has 0 heterocycles. The van der Waals surface area contributed by atoms with Crippen LogP contribution in [0.2, 0.25) is 0 Å². The minimum atomic E-state index is -0.0703. The smallest absolute Gasteiger partial charge is 0.418 e. The Morgan fingerprint density at radius 3 is 2.75 bits per heavy atom. The van der Waals surface area contributed by atoms with Crippen molar-refractivity contribution >= 4 is 6.47 Å². The summed E-state index contributed by atoms with van der Waals surface area (Å²) >= 11 is 0. The molecule has 0 aromatic carbocycles. The molecule has 0 rings (SSSR count). The zero-order chi connectivity index (χ0) is 9.23. The molecule has 12 heavy (non-hydrogen) atoms. The second-order valence-corrected chi connectivity index (χ2v) is 2.76. The van der Waals surface area contributed by atoms with Crippen LogP contribution >= 0.6 is 0 Å². The van der Waals surface area contributed by atoms with Gasteiger partial charge in [0.05, 0.1) is 0 Å². The molecule has 2 heteroatoms. The van der Waals surface area contributed by atoms with Crippen molar-refractivity contribution in [1.82, 2.24) is 0 Å². The first-order chi connectivity index (χ1) is 5.85. The van der Waals surface area contributed by atoms with Crippen LogP contribution in [0, 0.1) is 0 Å². The minimum absolute atomic E-state index is 0.0703.